The summed E-state index contributed by atoms with van der Waals surface area (Å²) < 4.78 is 6.52. The third kappa shape index (κ3) is 6.65. The number of carbonyl (C=O) groups excluding carboxylic acids is 3. The molecule has 0 aromatic heterocycles. The summed E-state index contributed by atoms with van der Waals surface area (Å²) in [5, 5.41) is 2.94. The molecule has 40 heavy (non-hydrogen) atoms. The van der Waals surface area contributed by atoms with Crippen LogP contribution in [0.1, 0.15) is 24.0 Å². The molecule has 1 atom stereocenters. The minimum atomic E-state index is -0.361. The van der Waals surface area contributed by atoms with Crippen molar-refractivity contribution in [1.29, 1.82) is 0 Å². The summed E-state index contributed by atoms with van der Waals surface area (Å²) in [4.78, 5) is 43.8. The quantitative estimate of drug-likeness (QED) is 0.393. The summed E-state index contributed by atoms with van der Waals surface area (Å²) in [7, 11) is 0. The molecule has 0 radical (unpaired) electrons. The molecule has 8 nitrogen and oxygen atoms in total. The minimum absolute atomic E-state index is 0.0107. The van der Waals surface area contributed by atoms with Gasteiger partial charge in [0.15, 0.2) is 0 Å². The van der Waals surface area contributed by atoms with E-state index >= 15 is 0 Å². The van der Waals surface area contributed by atoms with Crippen molar-refractivity contribution in [1.82, 2.24) is 14.7 Å². The molecule has 2 aliphatic rings. The summed E-state index contributed by atoms with van der Waals surface area (Å²) in [5.74, 6) is -0.104. The van der Waals surface area contributed by atoms with Crippen molar-refractivity contribution in [3.63, 3.8) is 0 Å². The van der Waals surface area contributed by atoms with Gasteiger partial charge in [0.1, 0.15) is 13.2 Å². The Kier molecular flexibility index (Phi) is 8.69. The number of likely N-dealkylation sites (tertiary alicyclic amines) is 1. The number of rotatable bonds is 5. The lowest BCUT2D eigenvalue weighted by molar-refractivity contribution is -0.138. The van der Waals surface area contributed by atoms with Crippen LogP contribution in [0.4, 0.5) is 15.3 Å². The predicted molar refractivity (Wildman–Crippen MR) is 158 cm³/mol. The van der Waals surface area contributed by atoms with E-state index in [-0.39, 0.29) is 37.2 Å². The molecular weight excluding hydrogens is 572 g/mol. The Morgan fingerprint density at radius 2 is 1.75 bits per heavy atom. The molecule has 2 fully saturated rings. The first-order valence-corrected chi connectivity index (χ1v) is 14.3. The number of amides is 4. The van der Waals surface area contributed by atoms with Crippen LogP contribution >= 0.6 is 15.9 Å². The Morgan fingerprint density at radius 3 is 2.48 bits per heavy atom. The Bertz CT molecular complexity index is 1370. The van der Waals surface area contributed by atoms with Gasteiger partial charge in [-0.3, -0.25) is 4.79 Å². The zero-order chi connectivity index (χ0) is 28.1. The zero-order valence-electron chi connectivity index (χ0n) is 22.5. The average molecular weight is 606 g/mol. The van der Waals surface area contributed by atoms with Crippen molar-refractivity contribution in [3.8, 4) is 11.1 Å². The van der Waals surface area contributed by atoms with E-state index in [1.807, 2.05) is 72.5 Å². The zero-order valence-corrected chi connectivity index (χ0v) is 24.1. The monoisotopic (exact) mass is 604 g/mol. The number of hydrogen-bond acceptors (Lipinski definition) is 4. The second-order valence-corrected chi connectivity index (χ2v) is 11.2. The number of ether oxygens (including phenoxy) is 1. The van der Waals surface area contributed by atoms with E-state index in [9.17, 15) is 14.4 Å². The number of halogens is 1. The fourth-order valence-corrected chi connectivity index (χ4v) is 5.59. The Labute approximate surface area is 243 Å². The van der Waals surface area contributed by atoms with Crippen LogP contribution in [0, 0.1) is 6.92 Å². The summed E-state index contributed by atoms with van der Waals surface area (Å²) in [5.41, 5.74) is 4.87. The second-order valence-electron chi connectivity index (χ2n) is 10.3. The molecule has 3 aromatic carbocycles. The third-order valence-electron chi connectivity index (χ3n) is 7.48. The van der Waals surface area contributed by atoms with E-state index in [1.54, 1.807) is 9.80 Å². The van der Waals surface area contributed by atoms with Gasteiger partial charge >= 0.3 is 12.1 Å². The molecule has 4 amide bonds. The molecule has 0 spiro atoms. The molecule has 9 heteroatoms. The Morgan fingerprint density at radius 1 is 0.975 bits per heavy atom. The Balaban J connectivity index is 1.13. The minimum Gasteiger partial charge on any atom is -0.445 e. The van der Waals surface area contributed by atoms with Gasteiger partial charge in [-0.1, -0.05) is 64.5 Å². The van der Waals surface area contributed by atoms with Crippen molar-refractivity contribution in [3.05, 3.63) is 88.4 Å². The third-order valence-corrected chi connectivity index (χ3v) is 8.01. The predicted octanol–water partition coefficient (Wildman–Crippen LogP) is 5.90. The molecular formula is C31H33BrN4O4. The fraction of sp³-hybridized carbons (Fsp3) is 0.323. The van der Waals surface area contributed by atoms with Crippen LogP contribution in [0.25, 0.3) is 11.1 Å². The van der Waals surface area contributed by atoms with Gasteiger partial charge in [0, 0.05) is 42.4 Å². The lowest BCUT2D eigenvalue weighted by Gasteiger charge is -2.42. The SMILES string of the molecule is Cc1cc(NC(=O)N2CCN(C3CCCN(C(=O)OCc4ccccc4)C3)C(=O)C2)ccc1-c1ccc(Br)cc1. The van der Waals surface area contributed by atoms with Crippen LogP contribution in [0.5, 0.6) is 0 Å². The highest BCUT2D eigenvalue weighted by Gasteiger charge is 2.35. The van der Waals surface area contributed by atoms with E-state index in [0.29, 0.717) is 31.9 Å². The first-order valence-electron chi connectivity index (χ1n) is 13.5. The van der Waals surface area contributed by atoms with Crippen molar-refractivity contribution >= 4 is 39.6 Å². The van der Waals surface area contributed by atoms with Gasteiger partial charge in [0.2, 0.25) is 5.91 Å². The first-order chi connectivity index (χ1) is 19.4. The van der Waals surface area contributed by atoms with E-state index < -0.39 is 0 Å². The van der Waals surface area contributed by atoms with Crippen molar-refractivity contribution < 1.29 is 19.1 Å². The summed E-state index contributed by atoms with van der Waals surface area (Å²) in [6.45, 7) is 4.17. The number of piperidine rings is 1. The molecule has 2 saturated heterocycles. The molecule has 0 bridgehead atoms. The summed E-state index contributed by atoms with van der Waals surface area (Å²) >= 11 is 3.46. The van der Waals surface area contributed by atoms with Crippen LogP contribution in [0.2, 0.25) is 0 Å². The molecule has 5 rings (SSSR count). The number of nitrogens with zero attached hydrogens (tertiary/aromatic N) is 3. The lowest BCUT2D eigenvalue weighted by Crippen LogP contribution is -2.59. The largest absolute Gasteiger partial charge is 0.445 e. The Hall–Kier alpha value is -3.85. The van der Waals surface area contributed by atoms with Crippen LogP contribution in [-0.2, 0) is 16.1 Å². The maximum atomic E-state index is 13.1. The molecule has 208 valence electrons. The smallest absolute Gasteiger partial charge is 0.410 e. The van der Waals surface area contributed by atoms with Crippen molar-refractivity contribution in [2.24, 2.45) is 0 Å². The molecule has 0 aliphatic carbocycles. The normalized spacial score (nSPS) is 17.5. The number of piperazine rings is 1. The van der Waals surface area contributed by atoms with Crippen LogP contribution in [0.3, 0.4) is 0 Å². The molecule has 0 saturated carbocycles. The molecule has 3 aromatic rings. The topological polar surface area (TPSA) is 82.2 Å². The van der Waals surface area contributed by atoms with Gasteiger partial charge in [-0.2, -0.15) is 0 Å². The van der Waals surface area contributed by atoms with Crippen LogP contribution in [-0.4, -0.2) is 71.5 Å². The fourth-order valence-electron chi connectivity index (χ4n) is 5.33. The molecule has 1 unspecified atom stereocenters. The van der Waals surface area contributed by atoms with Gasteiger partial charge in [-0.05, 0) is 66.3 Å². The molecule has 1 N–H and O–H groups in total. The van der Waals surface area contributed by atoms with Crippen molar-refractivity contribution in [2.45, 2.75) is 32.4 Å². The number of urea groups is 1. The number of hydrogen-bond donors (Lipinski definition) is 1. The highest BCUT2D eigenvalue weighted by Crippen LogP contribution is 2.27. The number of carbonyl (C=O) groups is 3. The number of benzene rings is 3. The lowest BCUT2D eigenvalue weighted by atomic mass is 10.0. The van der Waals surface area contributed by atoms with Gasteiger partial charge in [-0.15, -0.1) is 0 Å². The average Bonchev–Trinajstić information content (AvgIpc) is 2.97. The number of anilines is 1. The maximum absolute atomic E-state index is 13.1. The van der Waals surface area contributed by atoms with Gasteiger partial charge in [0.05, 0.1) is 0 Å². The first kappa shape index (κ1) is 27.7. The van der Waals surface area contributed by atoms with Gasteiger partial charge in [-0.25, -0.2) is 9.59 Å². The van der Waals surface area contributed by atoms with Crippen LogP contribution < -0.4 is 5.32 Å². The maximum Gasteiger partial charge on any atom is 0.410 e. The van der Waals surface area contributed by atoms with E-state index in [0.717, 1.165) is 39.6 Å². The van der Waals surface area contributed by atoms with Gasteiger partial charge in [0.25, 0.3) is 0 Å². The van der Waals surface area contributed by atoms with E-state index in [1.165, 1.54) is 0 Å². The molecule has 2 aliphatic heterocycles. The molecule has 2 heterocycles. The standard InChI is InChI=1S/C31H33BrN4O4/c1-22-18-26(13-14-28(22)24-9-11-25(32)12-10-24)33-30(38)34-16-17-36(29(37)20-34)27-8-5-15-35(19-27)31(39)40-21-23-6-3-2-4-7-23/h2-4,6-7,9-14,18,27H,5,8,15-17,19-21H2,1H3,(H,33,38). The van der Waals surface area contributed by atoms with E-state index in [4.69, 9.17) is 4.74 Å². The highest BCUT2D eigenvalue weighted by atomic mass is 79.9. The highest BCUT2D eigenvalue weighted by molar-refractivity contribution is 9.10. The second kappa shape index (κ2) is 12.6. The van der Waals surface area contributed by atoms with E-state index in [2.05, 4.69) is 33.4 Å². The van der Waals surface area contributed by atoms with Gasteiger partial charge < -0.3 is 24.8 Å². The van der Waals surface area contributed by atoms with Crippen LogP contribution in [0.15, 0.2) is 77.3 Å². The number of aryl methyl sites for hydroxylation is 1. The summed E-state index contributed by atoms with van der Waals surface area (Å²) in [6, 6.07) is 23.1. The number of nitrogens with one attached hydrogen (secondary N) is 1. The summed E-state index contributed by atoms with van der Waals surface area (Å²) in [6.07, 6.45) is 1.26. The van der Waals surface area contributed by atoms with Crippen molar-refractivity contribution in [2.75, 3.05) is 38.0 Å².